The Hall–Kier alpha value is -6.98. The lowest BCUT2D eigenvalue weighted by Crippen LogP contribution is -2.52. The Morgan fingerprint density at radius 2 is 1.82 bits per heavy atom. The SMILES string of the molecule is CN=C(C)/C(=C(/C)N)c1c(Cl)ccc2c(CCCOc3cccc4c3C=CC/C=C\C4)c(C(=O)O)n(CCN3CCN(C(=O)CO/C(C)=C/C(C(=O)NC4CCC(=O)NC4=O)=C4/NC(C)=NC4C)CC3)c12. The number of amidine groups is 1. The molecular weight excluding hydrogens is 926 g/mol. The van der Waals surface area contributed by atoms with Crippen molar-refractivity contribution in [2.24, 2.45) is 15.7 Å². The Bertz CT molecular complexity index is 2820. The monoisotopic (exact) mass is 989 g/mol. The molecule has 2 fully saturated rings. The van der Waals surface area contributed by atoms with E-state index in [1.807, 2.05) is 36.6 Å². The predicted octanol–water partition coefficient (Wildman–Crippen LogP) is 5.95. The first-order chi connectivity index (χ1) is 34.1. The van der Waals surface area contributed by atoms with Crippen molar-refractivity contribution in [3.8, 4) is 5.75 Å². The molecule has 0 bridgehead atoms. The number of carbonyl (C=O) groups is 5. The smallest absolute Gasteiger partial charge is 0.352 e. The Morgan fingerprint density at radius 3 is 2.51 bits per heavy atom. The zero-order valence-electron chi connectivity index (χ0n) is 41.3. The van der Waals surface area contributed by atoms with Crippen molar-refractivity contribution in [2.45, 2.75) is 91.8 Å². The second-order valence-corrected chi connectivity index (χ2v) is 18.6. The molecular formula is C53H64ClN9O8. The summed E-state index contributed by atoms with van der Waals surface area (Å²) in [6, 6.07) is 8.49. The molecule has 0 radical (unpaired) electrons. The minimum Gasteiger partial charge on any atom is -0.493 e. The third kappa shape index (κ3) is 12.1. The average molecular weight is 991 g/mol. The maximum Gasteiger partial charge on any atom is 0.352 e. The quantitative estimate of drug-likeness (QED) is 0.0266. The van der Waals surface area contributed by atoms with Crippen LogP contribution in [0.5, 0.6) is 5.75 Å². The molecule has 3 aromatic rings. The number of aliphatic imine (C=N–C) groups is 2. The number of carboxylic acids is 1. The highest BCUT2D eigenvalue weighted by molar-refractivity contribution is 6.37. The Morgan fingerprint density at radius 1 is 1.04 bits per heavy atom. The summed E-state index contributed by atoms with van der Waals surface area (Å²) in [6.07, 6.45) is 13.0. The van der Waals surface area contributed by atoms with E-state index in [1.165, 1.54) is 11.6 Å². The van der Waals surface area contributed by atoms with E-state index in [0.29, 0.717) is 115 Å². The number of carboxylic acid groups (broad SMARTS) is 1. The maximum atomic E-state index is 13.6. The van der Waals surface area contributed by atoms with Crippen LogP contribution in [0.15, 0.2) is 87.3 Å². The third-order valence-electron chi connectivity index (χ3n) is 13.2. The molecule has 2 unspecified atom stereocenters. The lowest BCUT2D eigenvalue weighted by molar-refractivity contribution is -0.137. The molecule has 6 N–H and O–H groups in total. The molecule has 2 saturated heterocycles. The number of carbonyl (C=O) groups excluding carboxylic acids is 4. The molecule has 376 valence electrons. The second kappa shape index (κ2) is 23.3. The fourth-order valence-corrected chi connectivity index (χ4v) is 9.84. The predicted molar refractivity (Wildman–Crippen MR) is 276 cm³/mol. The number of nitrogens with two attached hydrogens (primary N) is 1. The van der Waals surface area contributed by atoms with Crippen LogP contribution in [-0.2, 0) is 43.3 Å². The average Bonchev–Trinajstić information content (AvgIpc) is 3.84. The highest BCUT2D eigenvalue weighted by Gasteiger charge is 2.32. The molecule has 4 heterocycles. The number of aromatic carboxylic acids is 1. The lowest BCUT2D eigenvalue weighted by atomic mass is 9.96. The summed E-state index contributed by atoms with van der Waals surface area (Å²) in [4.78, 5) is 77.6. The molecule has 4 amide bonds. The van der Waals surface area contributed by atoms with Gasteiger partial charge in [0.1, 0.15) is 17.5 Å². The number of hydrogen-bond donors (Lipinski definition) is 5. The van der Waals surface area contributed by atoms with Gasteiger partial charge < -0.3 is 40.4 Å². The number of nitrogens with one attached hydrogen (secondary N) is 3. The van der Waals surface area contributed by atoms with E-state index in [-0.39, 0.29) is 42.7 Å². The zero-order valence-corrected chi connectivity index (χ0v) is 42.1. The van der Waals surface area contributed by atoms with Gasteiger partial charge in [-0.05, 0) is 96.1 Å². The van der Waals surface area contributed by atoms with Crippen molar-refractivity contribution in [1.29, 1.82) is 0 Å². The van der Waals surface area contributed by atoms with Crippen molar-refractivity contribution < 1.29 is 38.6 Å². The van der Waals surface area contributed by atoms with Crippen LogP contribution in [0.1, 0.15) is 93.0 Å². The molecule has 7 rings (SSSR count). The van der Waals surface area contributed by atoms with Crippen LogP contribution in [0.2, 0.25) is 5.02 Å². The molecule has 3 aliphatic heterocycles. The van der Waals surface area contributed by atoms with E-state index in [0.717, 1.165) is 29.5 Å². The number of halogens is 1. The largest absolute Gasteiger partial charge is 0.493 e. The van der Waals surface area contributed by atoms with E-state index in [1.54, 1.807) is 38.8 Å². The molecule has 2 aromatic carbocycles. The lowest BCUT2D eigenvalue weighted by Gasteiger charge is -2.35. The van der Waals surface area contributed by atoms with E-state index in [2.05, 4.69) is 61.2 Å². The fourth-order valence-electron chi connectivity index (χ4n) is 9.60. The van der Waals surface area contributed by atoms with Crippen molar-refractivity contribution >= 4 is 75.3 Å². The number of nitrogens with zero attached hydrogens (tertiary/aromatic N) is 5. The Balaban J connectivity index is 1.05. The molecule has 2 atom stereocenters. The van der Waals surface area contributed by atoms with Gasteiger partial charge in [-0.2, -0.15) is 0 Å². The van der Waals surface area contributed by atoms with Gasteiger partial charge in [0.2, 0.25) is 11.8 Å². The van der Waals surface area contributed by atoms with Gasteiger partial charge in [-0.1, -0.05) is 54.1 Å². The molecule has 18 heteroatoms. The maximum absolute atomic E-state index is 13.6. The highest BCUT2D eigenvalue weighted by Crippen LogP contribution is 2.39. The van der Waals surface area contributed by atoms with Gasteiger partial charge in [-0.25, -0.2) is 4.79 Å². The number of benzene rings is 2. The summed E-state index contributed by atoms with van der Waals surface area (Å²) >= 11 is 7.05. The number of piperidine rings is 1. The van der Waals surface area contributed by atoms with Crippen LogP contribution in [0.4, 0.5) is 0 Å². The summed E-state index contributed by atoms with van der Waals surface area (Å²) in [6.45, 7) is 11.7. The number of hydrogen-bond acceptors (Lipinski definition) is 12. The Kier molecular flexibility index (Phi) is 17.0. The highest BCUT2D eigenvalue weighted by atomic mass is 35.5. The van der Waals surface area contributed by atoms with Crippen LogP contribution in [-0.4, -0.2) is 126 Å². The number of piperazine rings is 1. The summed E-state index contributed by atoms with van der Waals surface area (Å²) in [7, 11) is 1.68. The first-order valence-corrected chi connectivity index (χ1v) is 24.5. The van der Waals surface area contributed by atoms with Gasteiger partial charge >= 0.3 is 5.97 Å². The molecule has 0 saturated carbocycles. The van der Waals surface area contributed by atoms with Crippen LogP contribution in [0.25, 0.3) is 22.6 Å². The van der Waals surface area contributed by atoms with E-state index in [9.17, 15) is 29.1 Å². The minimum atomic E-state index is -1.06. The minimum absolute atomic E-state index is 0.106. The Labute approximate surface area is 419 Å². The number of rotatable bonds is 17. The number of allylic oxidation sites excluding steroid dienone is 6. The van der Waals surface area contributed by atoms with Crippen LogP contribution in [0.3, 0.4) is 0 Å². The molecule has 0 spiro atoms. The van der Waals surface area contributed by atoms with Gasteiger partial charge in [-0.15, -0.1) is 0 Å². The van der Waals surface area contributed by atoms with Gasteiger partial charge in [0.05, 0.1) is 46.1 Å². The van der Waals surface area contributed by atoms with E-state index in [4.69, 9.17) is 26.8 Å². The number of amides is 4. The van der Waals surface area contributed by atoms with Crippen molar-refractivity contribution in [1.82, 2.24) is 30.3 Å². The van der Waals surface area contributed by atoms with Gasteiger partial charge in [0.25, 0.3) is 11.8 Å². The normalized spacial score (nSPS) is 20.3. The first kappa shape index (κ1) is 51.9. The summed E-state index contributed by atoms with van der Waals surface area (Å²) in [5.74, 6) is -1.10. The fraction of sp³-hybridized carbons (Fsp3) is 0.415. The first-order valence-electron chi connectivity index (χ1n) is 24.1. The number of imide groups is 1. The van der Waals surface area contributed by atoms with E-state index < -0.39 is 29.7 Å². The third-order valence-corrected chi connectivity index (χ3v) is 13.5. The second-order valence-electron chi connectivity index (χ2n) is 18.2. The van der Waals surface area contributed by atoms with E-state index >= 15 is 0 Å². The summed E-state index contributed by atoms with van der Waals surface area (Å²) in [5, 5.41) is 20.3. The van der Waals surface area contributed by atoms with Gasteiger partial charge in [-0.3, -0.25) is 39.4 Å². The number of ether oxygens (including phenoxy) is 2. The molecule has 1 aromatic heterocycles. The van der Waals surface area contributed by atoms with Gasteiger partial charge in [0.15, 0.2) is 6.61 Å². The van der Waals surface area contributed by atoms with Crippen molar-refractivity contribution in [2.75, 3.05) is 53.0 Å². The summed E-state index contributed by atoms with van der Waals surface area (Å²) < 4.78 is 14.1. The zero-order chi connectivity index (χ0) is 50.9. The number of aromatic nitrogens is 1. The topological polar surface area (TPSA) is 222 Å². The molecule has 1 aliphatic carbocycles. The van der Waals surface area contributed by atoms with Crippen LogP contribution in [0, 0.1) is 0 Å². The molecule has 71 heavy (non-hydrogen) atoms. The van der Waals surface area contributed by atoms with Crippen molar-refractivity contribution in [3.63, 3.8) is 0 Å². The number of fused-ring (bicyclic) bond motifs is 2. The van der Waals surface area contributed by atoms with Crippen LogP contribution >= 0.6 is 11.6 Å². The number of aryl methyl sites for hydroxylation is 1. The standard InChI is InChI=1S/C53H64ClN9O8/c1-31(29-40(48-34(4)57-35(5)58-48)51(66)59-42-20-21-44(64)60-52(42)67)71-30-45(65)62-25-22-61(23-26-62)24-27-63-49-39(18-19-41(54)47(49)46(32(2)55)33(3)56-6)38(50(63)53(68)69)16-12-28-70-43-17-11-14-36-13-9-7-8-10-15-37(36)43/h7,9-11,14-15,17-19,29,34,42H,8,12-13,16,20-28,30,55H2,1-6H3,(H,57,58)(H,59,66)(H,68,69)(H,60,64,67)/b9-7-,15-10?,31-29+,46-32+,48-40-,56-33?. The van der Waals surface area contributed by atoms with Crippen molar-refractivity contribution in [3.05, 3.63) is 110 Å². The summed E-state index contributed by atoms with van der Waals surface area (Å²) in [5.41, 5.74) is 13.4. The molecule has 4 aliphatic rings. The van der Waals surface area contributed by atoms with Crippen LogP contribution < -0.4 is 26.4 Å². The molecule has 17 nitrogen and oxygen atoms in total. The van der Waals surface area contributed by atoms with Gasteiger partial charge in [0, 0.05) is 86.2 Å².